The molecule has 1 atom stereocenters. The molecule has 0 amide bonds. The van der Waals surface area contributed by atoms with Gasteiger partial charge in [-0.3, -0.25) is 0 Å². The Labute approximate surface area is 44.1 Å². The van der Waals surface area contributed by atoms with Gasteiger partial charge in [0, 0.05) is 20.7 Å². The molecule has 0 saturated carbocycles. The molecule has 1 aromatic heterocycles. The van der Waals surface area contributed by atoms with Crippen LogP contribution in [0.4, 0.5) is 0 Å². The van der Waals surface area contributed by atoms with Gasteiger partial charge >= 0.3 is 0 Å². The molecule has 0 aliphatic rings. The van der Waals surface area contributed by atoms with E-state index in [0.29, 0.717) is 0 Å². The van der Waals surface area contributed by atoms with Gasteiger partial charge in [-0.05, 0) is 11.9 Å². The van der Waals surface area contributed by atoms with Crippen LogP contribution in [-0.2, 0) is 0 Å². The van der Waals surface area contributed by atoms with Crippen molar-refractivity contribution in [2.45, 2.75) is 0 Å². The van der Waals surface area contributed by atoms with Crippen LogP contribution in [-0.4, -0.2) is 7.11 Å². The summed E-state index contributed by atoms with van der Waals surface area (Å²) in [7, 11) is 1.27. The van der Waals surface area contributed by atoms with Crippen LogP contribution in [0.25, 0.3) is 0 Å². The molecular weight excluding hydrogens is 107 g/mol. The van der Waals surface area contributed by atoms with Gasteiger partial charge in [-0.25, -0.2) is 0 Å². The molecule has 0 N–H and O–H groups in total. The second kappa shape index (κ2) is 2.15. The molecular formula is C5H6OP. The molecule has 2 heteroatoms. The molecule has 0 saturated heterocycles. The maximum Gasteiger partial charge on any atom is 0.0459 e. The Kier molecular flexibility index (Phi) is 1.50. The lowest BCUT2D eigenvalue weighted by Gasteiger charge is -1.84. The second-order valence-electron chi connectivity index (χ2n) is 1.15. The SMILES string of the molecule is COp1[c]ccc1. The average Bonchev–Trinajstić information content (AvgIpc) is 2.14. The van der Waals surface area contributed by atoms with E-state index in [-0.39, 0.29) is 0 Å². The maximum atomic E-state index is 4.95. The molecule has 1 rings (SSSR count). The monoisotopic (exact) mass is 113 g/mol. The van der Waals surface area contributed by atoms with E-state index < -0.39 is 7.76 Å². The summed E-state index contributed by atoms with van der Waals surface area (Å²) in [5.41, 5.74) is 0. The number of hydrogen-bond donors (Lipinski definition) is 0. The molecule has 37 valence electrons. The predicted molar refractivity (Wildman–Crippen MR) is 30.5 cm³/mol. The van der Waals surface area contributed by atoms with E-state index in [9.17, 15) is 0 Å². The number of rotatable bonds is 1. The smallest absolute Gasteiger partial charge is 0.0459 e. The summed E-state index contributed by atoms with van der Waals surface area (Å²) in [6, 6.07) is 3.84. The van der Waals surface area contributed by atoms with Crippen molar-refractivity contribution in [3.05, 3.63) is 23.7 Å². The lowest BCUT2D eigenvalue weighted by molar-refractivity contribution is 0.556. The molecule has 0 fully saturated rings. The van der Waals surface area contributed by atoms with Crippen LogP contribution in [0, 0.1) is 5.80 Å². The number of hydrogen-bond acceptors (Lipinski definition) is 1. The fourth-order valence-corrected chi connectivity index (χ4v) is 1.18. The van der Waals surface area contributed by atoms with Crippen molar-refractivity contribution < 1.29 is 4.52 Å². The van der Waals surface area contributed by atoms with Crippen LogP contribution in [0.3, 0.4) is 0 Å². The van der Waals surface area contributed by atoms with E-state index in [2.05, 4.69) is 5.80 Å². The lowest BCUT2D eigenvalue weighted by atomic mass is 10.7. The third-order valence-electron chi connectivity index (χ3n) is 0.716. The van der Waals surface area contributed by atoms with E-state index >= 15 is 0 Å². The highest BCUT2D eigenvalue weighted by Crippen LogP contribution is 2.19. The van der Waals surface area contributed by atoms with Crippen molar-refractivity contribution in [3.63, 3.8) is 0 Å². The van der Waals surface area contributed by atoms with Crippen LogP contribution in [0.5, 0.6) is 0 Å². The second-order valence-corrected chi connectivity index (χ2v) is 2.72. The Morgan fingerprint density at radius 3 is 2.86 bits per heavy atom. The van der Waals surface area contributed by atoms with Gasteiger partial charge in [-0.2, -0.15) is 0 Å². The molecule has 1 radical (unpaired) electrons. The summed E-state index contributed by atoms with van der Waals surface area (Å²) in [6.07, 6.45) is 0. The van der Waals surface area contributed by atoms with Gasteiger partial charge in [-0.15, -0.1) is 0 Å². The summed E-state index contributed by atoms with van der Waals surface area (Å²) >= 11 is 0. The van der Waals surface area contributed by atoms with E-state index in [4.69, 9.17) is 4.52 Å². The first-order valence-corrected chi connectivity index (χ1v) is 3.36. The molecule has 0 aliphatic heterocycles. The quantitative estimate of drug-likeness (QED) is 0.536. The molecule has 0 aromatic carbocycles. The summed E-state index contributed by atoms with van der Waals surface area (Å²) in [5, 5.41) is 0. The summed E-state index contributed by atoms with van der Waals surface area (Å²) in [5.74, 6) is 5.02. The highest BCUT2D eigenvalue weighted by molar-refractivity contribution is 7.43. The van der Waals surface area contributed by atoms with Crippen molar-refractivity contribution in [2.75, 3.05) is 7.11 Å². The Hall–Kier alpha value is -0.260. The zero-order chi connectivity index (χ0) is 5.11. The molecule has 1 unspecified atom stereocenters. The fraction of sp³-hybridized carbons (Fsp3) is 0.200. The zero-order valence-electron chi connectivity index (χ0n) is 4.09. The lowest BCUT2D eigenvalue weighted by Crippen LogP contribution is -1.69. The van der Waals surface area contributed by atoms with E-state index in [1.54, 1.807) is 7.11 Å². The fourth-order valence-electron chi connectivity index (χ4n) is 0.394. The molecule has 0 bridgehead atoms. The van der Waals surface area contributed by atoms with Crippen LogP contribution in [0.2, 0.25) is 0 Å². The minimum atomic E-state index is -0.429. The van der Waals surface area contributed by atoms with Crippen molar-refractivity contribution in [2.24, 2.45) is 0 Å². The van der Waals surface area contributed by atoms with Crippen molar-refractivity contribution in [3.8, 4) is 0 Å². The Balaban J connectivity index is 2.76. The molecule has 0 aliphatic carbocycles. The normalized spacial score (nSPS) is 9.29. The van der Waals surface area contributed by atoms with Gasteiger partial charge in [0.2, 0.25) is 0 Å². The predicted octanol–water partition coefficient (Wildman–Crippen LogP) is 1.53. The average molecular weight is 113 g/mol. The summed E-state index contributed by atoms with van der Waals surface area (Å²) < 4.78 is 4.95. The van der Waals surface area contributed by atoms with Crippen LogP contribution in [0.1, 0.15) is 0 Å². The minimum absolute atomic E-state index is 0.429. The molecule has 7 heavy (non-hydrogen) atoms. The Morgan fingerprint density at radius 1 is 1.71 bits per heavy atom. The third kappa shape index (κ3) is 1.05. The molecule has 0 spiro atoms. The first kappa shape index (κ1) is 4.89. The van der Waals surface area contributed by atoms with Gasteiger partial charge in [0.05, 0.1) is 0 Å². The van der Waals surface area contributed by atoms with Gasteiger partial charge in [0.15, 0.2) is 0 Å². The third-order valence-corrected chi connectivity index (χ3v) is 1.96. The molecule has 1 heterocycles. The van der Waals surface area contributed by atoms with E-state index in [1.165, 1.54) is 0 Å². The topological polar surface area (TPSA) is 9.23 Å². The van der Waals surface area contributed by atoms with Crippen molar-refractivity contribution in [1.29, 1.82) is 0 Å². The summed E-state index contributed by atoms with van der Waals surface area (Å²) in [4.78, 5) is 0. The van der Waals surface area contributed by atoms with E-state index in [0.717, 1.165) is 0 Å². The molecule has 1 aromatic rings. The van der Waals surface area contributed by atoms with Crippen LogP contribution < -0.4 is 4.52 Å². The van der Waals surface area contributed by atoms with Crippen molar-refractivity contribution >= 4 is 7.76 Å². The first-order valence-electron chi connectivity index (χ1n) is 2.03. The van der Waals surface area contributed by atoms with E-state index in [1.807, 2.05) is 17.9 Å². The zero-order valence-corrected chi connectivity index (χ0v) is 4.98. The highest BCUT2D eigenvalue weighted by Gasteiger charge is 1.81. The van der Waals surface area contributed by atoms with Gasteiger partial charge < -0.3 is 4.52 Å². The Bertz CT molecular complexity index is 123. The summed E-state index contributed by atoms with van der Waals surface area (Å²) in [6.45, 7) is 0. The van der Waals surface area contributed by atoms with Crippen molar-refractivity contribution in [1.82, 2.24) is 0 Å². The standard InChI is InChI=1S/C5H6OP/c1-6-7-4-2-3-5-7/h2-4H,1H3. The first-order chi connectivity index (χ1) is 3.43. The Morgan fingerprint density at radius 2 is 2.57 bits per heavy atom. The molecule has 1 nitrogen and oxygen atoms in total. The van der Waals surface area contributed by atoms with Gasteiger partial charge in [0.25, 0.3) is 0 Å². The minimum Gasteiger partial charge on any atom is -0.335 e. The van der Waals surface area contributed by atoms with Crippen LogP contribution in [0.15, 0.2) is 17.9 Å². The van der Waals surface area contributed by atoms with Gasteiger partial charge in [-0.1, -0.05) is 6.07 Å². The maximum absolute atomic E-state index is 4.95. The van der Waals surface area contributed by atoms with Gasteiger partial charge in [0.1, 0.15) is 0 Å². The largest absolute Gasteiger partial charge is 0.335 e. The van der Waals surface area contributed by atoms with Crippen LogP contribution >= 0.6 is 7.76 Å². The highest BCUT2D eigenvalue weighted by atomic mass is 31.1.